The number of hydrogen-bond acceptors (Lipinski definition) is 2. The van der Waals surface area contributed by atoms with Gasteiger partial charge in [0.15, 0.2) is 0 Å². The number of rotatable bonds is 4. The highest BCUT2D eigenvalue weighted by Gasteiger charge is 2.06. The first kappa shape index (κ1) is 16.2. The first-order chi connectivity index (χ1) is 10.5. The van der Waals surface area contributed by atoms with Gasteiger partial charge in [-0.05, 0) is 48.9 Å². The van der Waals surface area contributed by atoms with Gasteiger partial charge in [0.25, 0.3) is 0 Å². The quantitative estimate of drug-likeness (QED) is 0.808. The van der Waals surface area contributed by atoms with Gasteiger partial charge in [-0.1, -0.05) is 22.0 Å². The van der Waals surface area contributed by atoms with E-state index in [2.05, 4.69) is 21.2 Å². The fourth-order valence-corrected chi connectivity index (χ4v) is 2.28. The number of benzene rings is 2. The summed E-state index contributed by atoms with van der Waals surface area (Å²) in [4.78, 5) is 12.0. The Morgan fingerprint density at radius 3 is 2.77 bits per heavy atom. The van der Waals surface area contributed by atoms with Gasteiger partial charge in [-0.15, -0.1) is 0 Å². The Labute approximate surface area is 136 Å². The summed E-state index contributed by atoms with van der Waals surface area (Å²) in [5.74, 6) is -0.176. The van der Waals surface area contributed by atoms with Crippen LogP contribution in [-0.4, -0.2) is 13.0 Å². The summed E-state index contributed by atoms with van der Waals surface area (Å²) in [7, 11) is 1.53. The number of carbonyl (C=O) groups excluding carboxylic acids is 1. The Balaban J connectivity index is 2.15. The number of amides is 1. The van der Waals surface area contributed by atoms with Crippen molar-refractivity contribution in [2.24, 2.45) is 0 Å². The predicted molar refractivity (Wildman–Crippen MR) is 89.5 cm³/mol. The summed E-state index contributed by atoms with van der Waals surface area (Å²) in [6.07, 6.45) is 2.71. The summed E-state index contributed by atoms with van der Waals surface area (Å²) < 4.78 is 19.5. The van der Waals surface area contributed by atoms with Crippen LogP contribution in [0, 0.1) is 12.7 Å². The monoisotopic (exact) mass is 363 g/mol. The Kier molecular flexibility index (Phi) is 5.33. The van der Waals surface area contributed by atoms with E-state index < -0.39 is 0 Å². The largest absolute Gasteiger partial charge is 0.495 e. The number of aryl methyl sites for hydroxylation is 1. The van der Waals surface area contributed by atoms with Crippen molar-refractivity contribution in [2.75, 3.05) is 12.4 Å². The highest BCUT2D eigenvalue weighted by atomic mass is 79.9. The van der Waals surface area contributed by atoms with E-state index in [0.717, 1.165) is 10.0 Å². The maximum absolute atomic E-state index is 13.6. The van der Waals surface area contributed by atoms with Crippen LogP contribution < -0.4 is 10.1 Å². The van der Waals surface area contributed by atoms with Gasteiger partial charge >= 0.3 is 0 Å². The number of halogens is 2. The molecule has 0 fully saturated rings. The average molecular weight is 364 g/mol. The Morgan fingerprint density at radius 2 is 2.05 bits per heavy atom. The van der Waals surface area contributed by atoms with Gasteiger partial charge in [-0.3, -0.25) is 4.79 Å². The molecule has 1 N–H and O–H groups in total. The first-order valence-electron chi connectivity index (χ1n) is 6.58. The second kappa shape index (κ2) is 7.22. The highest BCUT2D eigenvalue weighted by Crippen LogP contribution is 2.25. The van der Waals surface area contributed by atoms with Crippen LogP contribution in [0.1, 0.15) is 11.1 Å². The first-order valence-corrected chi connectivity index (χ1v) is 7.37. The maximum atomic E-state index is 13.6. The van der Waals surface area contributed by atoms with Crippen molar-refractivity contribution in [3.8, 4) is 5.75 Å². The molecule has 0 aliphatic carbocycles. The average Bonchev–Trinajstić information content (AvgIpc) is 2.48. The zero-order valence-corrected chi connectivity index (χ0v) is 13.8. The molecular formula is C17H15BrFNO2. The lowest BCUT2D eigenvalue weighted by Crippen LogP contribution is -2.09. The van der Waals surface area contributed by atoms with Crippen LogP contribution >= 0.6 is 15.9 Å². The van der Waals surface area contributed by atoms with Gasteiger partial charge in [-0.25, -0.2) is 4.39 Å². The molecule has 0 aromatic heterocycles. The molecule has 0 radical (unpaired) electrons. The normalized spacial score (nSPS) is 10.7. The zero-order valence-electron chi connectivity index (χ0n) is 12.2. The standard InChI is InChI=1S/C17H15BrFNO2/c1-11-3-7-16(22-2)15(9-11)20-17(21)8-4-12-10-13(18)5-6-14(12)19/h3-10H,1-2H3,(H,20,21)/b8-4+. The minimum absolute atomic E-state index is 0.334. The van der Waals surface area contributed by atoms with Crippen molar-refractivity contribution in [3.63, 3.8) is 0 Å². The van der Waals surface area contributed by atoms with E-state index in [-0.39, 0.29) is 11.7 Å². The fourth-order valence-electron chi connectivity index (χ4n) is 1.90. The summed E-state index contributed by atoms with van der Waals surface area (Å²) in [6.45, 7) is 1.92. The molecule has 0 aliphatic heterocycles. The van der Waals surface area contributed by atoms with Crippen molar-refractivity contribution in [2.45, 2.75) is 6.92 Å². The van der Waals surface area contributed by atoms with Crippen molar-refractivity contribution in [1.82, 2.24) is 0 Å². The SMILES string of the molecule is COc1ccc(C)cc1NC(=O)/C=C/c1cc(Br)ccc1F. The number of methoxy groups -OCH3 is 1. The van der Waals surface area contributed by atoms with Crippen molar-refractivity contribution in [1.29, 1.82) is 0 Å². The molecule has 0 unspecified atom stereocenters. The molecule has 3 nitrogen and oxygen atoms in total. The second-order valence-corrected chi connectivity index (χ2v) is 5.61. The lowest BCUT2D eigenvalue weighted by molar-refractivity contribution is -0.111. The van der Waals surface area contributed by atoms with E-state index in [0.29, 0.717) is 17.0 Å². The van der Waals surface area contributed by atoms with E-state index in [4.69, 9.17) is 4.74 Å². The van der Waals surface area contributed by atoms with Gasteiger partial charge < -0.3 is 10.1 Å². The molecule has 2 aromatic rings. The number of carbonyl (C=O) groups is 1. The third-order valence-corrected chi connectivity index (χ3v) is 3.48. The van der Waals surface area contributed by atoms with E-state index in [9.17, 15) is 9.18 Å². The molecule has 5 heteroatoms. The van der Waals surface area contributed by atoms with E-state index in [1.165, 1.54) is 25.3 Å². The third-order valence-electron chi connectivity index (χ3n) is 2.99. The maximum Gasteiger partial charge on any atom is 0.248 e. The summed E-state index contributed by atoms with van der Waals surface area (Å²) in [6, 6.07) is 10.0. The molecule has 2 rings (SSSR count). The van der Waals surface area contributed by atoms with Crippen molar-refractivity contribution < 1.29 is 13.9 Å². The fraction of sp³-hybridized carbons (Fsp3) is 0.118. The summed E-state index contributed by atoms with van der Waals surface area (Å²) >= 11 is 3.27. The molecule has 22 heavy (non-hydrogen) atoms. The smallest absolute Gasteiger partial charge is 0.248 e. The summed E-state index contributed by atoms with van der Waals surface area (Å²) in [5, 5.41) is 2.72. The molecule has 2 aromatic carbocycles. The van der Waals surface area contributed by atoms with Crippen LogP contribution in [0.25, 0.3) is 6.08 Å². The topological polar surface area (TPSA) is 38.3 Å². The van der Waals surface area contributed by atoms with Crippen molar-refractivity contribution >= 4 is 33.6 Å². The van der Waals surface area contributed by atoms with Crippen LogP contribution in [-0.2, 0) is 4.79 Å². The number of hydrogen-bond donors (Lipinski definition) is 1. The minimum atomic E-state index is -0.389. The predicted octanol–water partition coefficient (Wildman–Crippen LogP) is 4.56. The number of anilines is 1. The third kappa shape index (κ3) is 4.18. The Hall–Kier alpha value is -2.14. The zero-order chi connectivity index (χ0) is 16.1. The van der Waals surface area contributed by atoms with E-state index >= 15 is 0 Å². The molecule has 0 saturated heterocycles. The van der Waals surface area contributed by atoms with Crippen LogP contribution in [0.3, 0.4) is 0 Å². The molecule has 0 saturated carbocycles. The molecule has 0 bridgehead atoms. The Morgan fingerprint density at radius 1 is 1.27 bits per heavy atom. The number of ether oxygens (including phenoxy) is 1. The van der Waals surface area contributed by atoms with Crippen molar-refractivity contribution in [3.05, 3.63) is 63.9 Å². The molecule has 114 valence electrons. The van der Waals surface area contributed by atoms with Gasteiger partial charge in [0.05, 0.1) is 12.8 Å². The molecular weight excluding hydrogens is 349 g/mol. The van der Waals surface area contributed by atoms with Crippen LogP contribution in [0.2, 0.25) is 0 Å². The summed E-state index contributed by atoms with van der Waals surface area (Å²) in [5.41, 5.74) is 1.91. The van der Waals surface area contributed by atoms with Gasteiger partial charge in [0.2, 0.25) is 5.91 Å². The second-order valence-electron chi connectivity index (χ2n) is 4.69. The van der Waals surface area contributed by atoms with E-state index in [1.807, 2.05) is 19.1 Å². The lowest BCUT2D eigenvalue weighted by atomic mass is 10.2. The van der Waals surface area contributed by atoms with E-state index in [1.54, 1.807) is 18.2 Å². The van der Waals surface area contributed by atoms with Crippen LogP contribution in [0.15, 0.2) is 46.9 Å². The molecule has 0 spiro atoms. The number of nitrogens with one attached hydrogen (secondary N) is 1. The van der Waals surface area contributed by atoms with Gasteiger partial charge in [-0.2, -0.15) is 0 Å². The molecule has 0 aliphatic rings. The van der Waals surface area contributed by atoms with Gasteiger partial charge in [0, 0.05) is 16.1 Å². The Bertz CT molecular complexity index is 729. The minimum Gasteiger partial charge on any atom is -0.495 e. The van der Waals surface area contributed by atoms with Crippen LogP contribution in [0.5, 0.6) is 5.75 Å². The molecule has 0 heterocycles. The van der Waals surface area contributed by atoms with Gasteiger partial charge in [0.1, 0.15) is 11.6 Å². The highest BCUT2D eigenvalue weighted by molar-refractivity contribution is 9.10. The molecule has 1 amide bonds. The van der Waals surface area contributed by atoms with Crippen LogP contribution in [0.4, 0.5) is 10.1 Å². The molecule has 0 atom stereocenters. The lowest BCUT2D eigenvalue weighted by Gasteiger charge is -2.09.